The van der Waals surface area contributed by atoms with E-state index in [0.717, 1.165) is 5.56 Å². The molecule has 4 aromatic rings. The molecule has 0 saturated heterocycles. The molecule has 5 rings (SSSR count). The molecular formula is C26H22FN5O2S. The summed E-state index contributed by atoms with van der Waals surface area (Å²) < 4.78 is 15.5. The molecule has 1 atom stereocenters. The maximum absolute atomic E-state index is 13.6. The molecule has 1 aliphatic heterocycles. The molecule has 0 spiro atoms. The smallest absolute Gasteiger partial charge is 0.244 e. The minimum Gasteiger partial charge on any atom is -0.323 e. The number of fused-ring (bicyclic) bond motifs is 1. The van der Waals surface area contributed by atoms with Crippen molar-refractivity contribution in [3.63, 3.8) is 0 Å². The lowest BCUT2D eigenvalue weighted by atomic mass is 10.1. The number of carbonyl (C=O) groups excluding carboxylic acids is 2. The van der Waals surface area contributed by atoms with Crippen LogP contribution in [0.2, 0.25) is 0 Å². The van der Waals surface area contributed by atoms with Crippen molar-refractivity contribution in [2.75, 3.05) is 16.8 Å². The monoisotopic (exact) mass is 487 g/mol. The highest BCUT2D eigenvalue weighted by molar-refractivity contribution is 8.00. The van der Waals surface area contributed by atoms with Gasteiger partial charge in [0.1, 0.15) is 18.2 Å². The fraction of sp³-hybridized carbons (Fsp3) is 0.154. The zero-order valence-electron chi connectivity index (χ0n) is 18.9. The Hall–Kier alpha value is -3.98. The Kier molecular flexibility index (Phi) is 6.33. The molecule has 0 saturated carbocycles. The van der Waals surface area contributed by atoms with Crippen molar-refractivity contribution < 1.29 is 14.0 Å². The van der Waals surface area contributed by atoms with Gasteiger partial charge in [-0.2, -0.15) is 0 Å². The van der Waals surface area contributed by atoms with E-state index in [4.69, 9.17) is 0 Å². The molecule has 1 N–H and O–H groups in total. The first-order valence-electron chi connectivity index (χ1n) is 11.1. The van der Waals surface area contributed by atoms with Crippen LogP contribution in [0.1, 0.15) is 18.3 Å². The Balaban J connectivity index is 1.45. The number of amides is 2. The van der Waals surface area contributed by atoms with E-state index in [0.29, 0.717) is 34.5 Å². The molecule has 0 radical (unpaired) electrons. The van der Waals surface area contributed by atoms with E-state index in [9.17, 15) is 14.0 Å². The van der Waals surface area contributed by atoms with E-state index >= 15 is 0 Å². The van der Waals surface area contributed by atoms with Gasteiger partial charge in [0.2, 0.25) is 11.8 Å². The van der Waals surface area contributed by atoms with Gasteiger partial charge in [-0.3, -0.25) is 19.1 Å². The van der Waals surface area contributed by atoms with Gasteiger partial charge in [0.15, 0.2) is 5.16 Å². The third kappa shape index (κ3) is 4.81. The summed E-state index contributed by atoms with van der Waals surface area (Å²) in [7, 11) is 0. The van der Waals surface area contributed by atoms with Crippen LogP contribution in [0, 0.1) is 5.82 Å². The molecule has 2 amide bonds. The molecule has 1 aromatic heterocycles. The first-order valence-corrected chi connectivity index (χ1v) is 12.0. The number of benzene rings is 3. The molecule has 9 heteroatoms. The topological polar surface area (TPSA) is 80.1 Å². The van der Waals surface area contributed by atoms with Crippen LogP contribution in [-0.2, 0) is 16.0 Å². The van der Waals surface area contributed by atoms with Gasteiger partial charge in [0, 0.05) is 12.1 Å². The van der Waals surface area contributed by atoms with E-state index in [2.05, 4.69) is 15.5 Å². The summed E-state index contributed by atoms with van der Waals surface area (Å²) in [6, 6.07) is 23.2. The van der Waals surface area contributed by atoms with E-state index < -0.39 is 5.25 Å². The van der Waals surface area contributed by atoms with E-state index in [1.54, 1.807) is 25.1 Å². The van der Waals surface area contributed by atoms with Gasteiger partial charge in [0.25, 0.3) is 0 Å². The van der Waals surface area contributed by atoms with Gasteiger partial charge in [-0.1, -0.05) is 54.2 Å². The number of anilines is 2. The van der Waals surface area contributed by atoms with Gasteiger partial charge in [-0.25, -0.2) is 4.39 Å². The van der Waals surface area contributed by atoms with Crippen molar-refractivity contribution in [1.82, 2.24) is 14.8 Å². The lowest BCUT2D eigenvalue weighted by Gasteiger charge is -2.30. The Labute approximate surface area is 206 Å². The number of nitrogens with zero attached hydrogens (tertiary/aromatic N) is 4. The maximum Gasteiger partial charge on any atom is 0.244 e. The average Bonchev–Trinajstić information content (AvgIpc) is 3.25. The van der Waals surface area contributed by atoms with Gasteiger partial charge >= 0.3 is 0 Å². The molecular weight excluding hydrogens is 465 g/mol. The second-order valence-electron chi connectivity index (χ2n) is 8.12. The predicted octanol–water partition coefficient (Wildman–Crippen LogP) is 4.46. The van der Waals surface area contributed by atoms with Crippen molar-refractivity contribution >= 4 is 35.0 Å². The lowest BCUT2D eigenvalue weighted by molar-refractivity contribution is -0.121. The number of carbonyl (C=O) groups is 2. The molecule has 0 unspecified atom stereocenters. The summed E-state index contributed by atoms with van der Waals surface area (Å²) in [4.78, 5) is 27.1. The van der Waals surface area contributed by atoms with Crippen molar-refractivity contribution in [2.45, 2.75) is 23.8 Å². The van der Waals surface area contributed by atoms with Crippen LogP contribution in [0.25, 0.3) is 5.69 Å². The zero-order valence-corrected chi connectivity index (χ0v) is 19.7. The van der Waals surface area contributed by atoms with Gasteiger partial charge in [0.05, 0.1) is 16.6 Å². The minimum absolute atomic E-state index is 0.0509. The standard InChI is InChI=1S/C26H22FN5O2S/c1-17(25(34)31-16-24(33)28-21-9-5-6-10-22(21)31)35-26-30-29-23(15-18-7-3-2-4-8-18)32(26)20-13-11-19(27)12-14-20/h2-14,17H,15-16H2,1H3,(H,28,33)/t17-/m1/s1. The SMILES string of the molecule is C[C@@H](Sc1nnc(Cc2ccccc2)n1-c1ccc(F)cc1)C(=O)N1CC(=O)Nc2ccccc21. The number of nitrogens with one attached hydrogen (secondary N) is 1. The average molecular weight is 488 g/mol. The van der Waals surface area contributed by atoms with Crippen LogP contribution < -0.4 is 10.2 Å². The fourth-order valence-corrected chi connectivity index (χ4v) is 4.93. The van der Waals surface area contributed by atoms with Gasteiger partial charge in [-0.15, -0.1) is 10.2 Å². The molecule has 0 bridgehead atoms. The first kappa shape index (κ1) is 22.8. The number of rotatable bonds is 6. The summed E-state index contributed by atoms with van der Waals surface area (Å²) >= 11 is 1.25. The van der Waals surface area contributed by atoms with Crippen LogP contribution in [0.4, 0.5) is 15.8 Å². The van der Waals surface area contributed by atoms with Crippen molar-refractivity contribution in [3.8, 4) is 5.69 Å². The Bertz CT molecular complexity index is 1370. The van der Waals surface area contributed by atoms with Crippen molar-refractivity contribution in [1.29, 1.82) is 0 Å². The van der Waals surface area contributed by atoms with Gasteiger partial charge < -0.3 is 5.32 Å². The summed E-state index contributed by atoms with van der Waals surface area (Å²) in [6.45, 7) is 1.73. The molecule has 176 valence electrons. The number of hydrogen-bond donors (Lipinski definition) is 1. The highest BCUT2D eigenvalue weighted by Gasteiger charge is 2.31. The number of thioether (sulfide) groups is 1. The van der Waals surface area contributed by atoms with E-state index in [1.807, 2.05) is 53.1 Å². The van der Waals surface area contributed by atoms with Crippen LogP contribution in [0.3, 0.4) is 0 Å². The minimum atomic E-state index is -0.554. The Morgan fingerprint density at radius 3 is 2.51 bits per heavy atom. The third-order valence-corrected chi connectivity index (χ3v) is 6.69. The predicted molar refractivity (Wildman–Crippen MR) is 133 cm³/mol. The van der Waals surface area contributed by atoms with E-state index in [-0.39, 0.29) is 24.2 Å². The van der Waals surface area contributed by atoms with E-state index in [1.165, 1.54) is 28.8 Å². The lowest BCUT2D eigenvalue weighted by Crippen LogP contribution is -2.45. The summed E-state index contributed by atoms with van der Waals surface area (Å²) in [5, 5.41) is 11.5. The molecule has 35 heavy (non-hydrogen) atoms. The van der Waals surface area contributed by atoms with Crippen LogP contribution >= 0.6 is 11.8 Å². The zero-order chi connectivity index (χ0) is 24.4. The molecule has 3 aromatic carbocycles. The number of para-hydroxylation sites is 2. The maximum atomic E-state index is 13.6. The normalized spacial score (nSPS) is 13.8. The second-order valence-corrected chi connectivity index (χ2v) is 9.43. The van der Waals surface area contributed by atoms with Crippen LogP contribution in [-0.4, -0.2) is 38.4 Å². The summed E-state index contributed by atoms with van der Waals surface area (Å²) in [6.07, 6.45) is 0.522. The number of halogens is 1. The Morgan fingerprint density at radius 2 is 1.74 bits per heavy atom. The summed E-state index contributed by atoms with van der Waals surface area (Å²) in [5.41, 5.74) is 3.02. The fourth-order valence-electron chi connectivity index (χ4n) is 3.98. The number of hydrogen-bond acceptors (Lipinski definition) is 5. The summed E-state index contributed by atoms with van der Waals surface area (Å²) in [5.74, 6) is -0.122. The Morgan fingerprint density at radius 1 is 1.03 bits per heavy atom. The molecule has 1 aliphatic rings. The van der Waals surface area contributed by atoms with Crippen LogP contribution in [0.15, 0.2) is 84.0 Å². The van der Waals surface area contributed by atoms with Crippen molar-refractivity contribution in [3.05, 3.63) is 96.1 Å². The third-order valence-electron chi connectivity index (χ3n) is 5.66. The molecule has 0 fully saturated rings. The highest BCUT2D eigenvalue weighted by Crippen LogP contribution is 2.33. The molecule has 7 nitrogen and oxygen atoms in total. The largest absolute Gasteiger partial charge is 0.323 e. The van der Waals surface area contributed by atoms with Gasteiger partial charge in [-0.05, 0) is 48.9 Å². The van der Waals surface area contributed by atoms with Crippen LogP contribution in [0.5, 0.6) is 0 Å². The first-order chi connectivity index (χ1) is 17.0. The second kappa shape index (κ2) is 9.71. The highest BCUT2D eigenvalue weighted by atomic mass is 32.2. The molecule has 0 aliphatic carbocycles. The van der Waals surface area contributed by atoms with Crippen molar-refractivity contribution in [2.24, 2.45) is 0 Å². The molecule has 2 heterocycles. The number of aromatic nitrogens is 3. The quantitative estimate of drug-likeness (QED) is 0.406.